The van der Waals surface area contributed by atoms with E-state index in [1.165, 1.54) is 51.4 Å². The van der Waals surface area contributed by atoms with E-state index in [1.807, 2.05) is 0 Å². The zero-order valence-corrected chi connectivity index (χ0v) is 10.0. The van der Waals surface area contributed by atoms with E-state index in [-0.39, 0.29) is 0 Å². The molecule has 0 bridgehead atoms. The fraction of sp³-hybridized carbons (Fsp3) is 0.733. The molecule has 0 spiro atoms. The Bertz CT molecular complexity index is 247. The number of allylic oxidation sites excluding steroid dienone is 4. The molecule has 2 rings (SSSR count). The molecule has 15 heavy (non-hydrogen) atoms. The van der Waals surface area contributed by atoms with Gasteiger partial charge in [0.25, 0.3) is 0 Å². The van der Waals surface area contributed by atoms with Gasteiger partial charge in [0, 0.05) is 0 Å². The second kappa shape index (κ2) is 5.53. The molecular formula is C15H24. The van der Waals surface area contributed by atoms with Crippen LogP contribution in [-0.2, 0) is 0 Å². The van der Waals surface area contributed by atoms with E-state index in [4.69, 9.17) is 0 Å². The Morgan fingerprint density at radius 1 is 1.00 bits per heavy atom. The van der Waals surface area contributed by atoms with Crippen molar-refractivity contribution in [3.63, 3.8) is 0 Å². The van der Waals surface area contributed by atoms with Crippen LogP contribution in [0.3, 0.4) is 0 Å². The van der Waals surface area contributed by atoms with E-state index in [0.717, 1.165) is 11.8 Å². The third-order valence-corrected chi connectivity index (χ3v) is 4.09. The highest BCUT2D eigenvalue weighted by atomic mass is 14.3. The molecular weight excluding hydrogens is 180 g/mol. The molecule has 84 valence electrons. The summed E-state index contributed by atoms with van der Waals surface area (Å²) >= 11 is 0. The molecule has 0 radical (unpaired) electrons. The standard InChI is InChI=1S/C15H24/c1-13-11-12-14-9-7-5-3-2-4-6-8-10-15(13)14/h6,8,10,13-14H,2-5,7,9,11-12H2,1H3. The molecule has 0 aromatic carbocycles. The average molecular weight is 204 g/mol. The van der Waals surface area contributed by atoms with Gasteiger partial charge in [-0.2, -0.15) is 0 Å². The third-order valence-electron chi connectivity index (χ3n) is 4.09. The van der Waals surface area contributed by atoms with E-state index < -0.39 is 0 Å². The third kappa shape index (κ3) is 2.96. The molecule has 0 heteroatoms. The van der Waals surface area contributed by atoms with Gasteiger partial charge in [-0.3, -0.25) is 0 Å². The van der Waals surface area contributed by atoms with E-state index in [1.54, 1.807) is 5.57 Å². The molecule has 0 saturated heterocycles. The van der Waals surface area contributed by atoms with Crippen molar-refractivity contribution in [1.29, 1.82) is 0 Å². The smallest absolute Gasteiger partial charge is 0.0197 e. The Kier molecular flexibility index (Phi) is 4.05. The Balaban J connectivity index is 2.05. The minimum Gasteiger partial charge on any atom is -0.0845 e. The van der Waals surface area contributed by atoms with Gasteiger partial charge in [0.2, 0.25) is 0 Å². The molecule has 2 aliphatic carbocycles. The summed E-state index contributed by atoms with van der Waals surface area (Å²) in [7, 11) is 0. The Morgan fingerprint density at radius 2 is 1.87 bits per heavy atom. The van der Waals surface area contributed by atoms with Crippen LogP contribution in [0.2, 0.25) is 0 Å². The average Bonchev–Trinajstić information content (AvgIpc) is 2.56. The van der Waals surface area contributed by atoms with E-state index in [2.05, 4.69) is 25.2 Å². The Labute approximate surface area is 94.5 Å². The van der Waals surface area contributed by atoms with Gasteiger partial charge in [-0.25, -0.2) is 0 Å². The zero-order valence-electron chi connectivity index (χ0n) is 10.0. The van der Waals surface area contributed by atoms with Crippen molar-refractivity contribution < 1.29 is 0 Å². The monoisotopic (exact) mass is 204 g/mol. The molecule has 0 N–H and O–H groups in total. The highest BCUT2D eigenvalue weighted by molar-refractivity contribution is 5.21. The molecule has 2 unspecified atom stereocenters. The van der Waals surface area contributed by atoms with Crippen LogP contribution < -0.4 is 0 Å². The lowest BCUT2D eigenvalue weighted by molar-refractivity contribution is 0.516. The maximum atomic E-state index is 2.42. The quantitative estimate of drug-likeness (QED) is 0.528. The molecule has 0 amide bonds. The minimum absolute atomic E-state index is 0.848. The summed E-state index contributed by atoms with van der Waals surface area (Å²) < 4.78 is 0. The van der Waals surface area contributed by atoms with Gasteiger partial charge < -0.3 is 0 Å². The highest BCUT2D eigenvalue weighted by Gasteiger charge is 2.25. The van der Waals surface area contributed by atoms with Crippen LogP contribution >= 0.6 is 0 Å². The minimum atomic E-state index is 0.848. The van der Waals surface area contributed by atoms with Crippen LogP contribution in [0.1, 0.15) is 58.3 Å². The maximum Gasteiger partial charge on any atom is -0.0197 e. The van der Waals surface area contributed by atoms with Crippen LogP contribution in [0.15, 0.2) is 23.8 Å². The Morgan fingerprint density at radius 3 is 2.80 bits per heavy atom. The lowest BCUT2D eigenvalue weighted by atomic mass is 9.92. The molecule has 1 saturated carbocycles. The molecule has 1 fully saturated rings. The van der Waals surface area contributed by atoms with Gasteiger partial charge in [0.1, 0.15) is 0 Å². The van der Waals surface area contributed by atoms with Crippen LogP contribution in [0.25, 0.3) is 0 Å². The van der Waals surface area contributed by atoms with E-state index in [0.29, 0.717) is 0 Å². The van der Waals surface area contributed by atoms with Crippen molar-refractivity contribution in [1.82, 2.24) is 0 Å². The van der Waals surface area contributed by atoms with Gasteiger partial charge in [-0.15, -0.1) is 0 Å². The largest absolute Gasteiger partial charge is 0.0845 e. The van der Waals surface area contributed by atoms with E-state index >= 15 is 0 Å². The van der Waals surface area contributed by atoms with Crippen molar-refractivity contribution in [3.8, 4) is 0 Å². The first-order valence-corrected chi connectivity index (χ1v) is 6.74. The first-order valence-electron chi connectivity index (χ1n) is 6.74. The zero-order chi connectivity index (χ0) is 10.5. The number of hydrogen-bond acceptors (Lipinski definition) is 0. The predicted octanol–water partition coefficient (Wildman–Crippen LogP) is 4.87. The molecule has 0 aliphatic heterocycles. The first kappa shape index (κ1) is 11.0. The number of hydrogen-bond donors (Lipinski definition) is 0. The van der Waals surface area contributed by atoms with Crippen LogP contribution in [0, 0.1) is 11.8 Å². The van der Waals surface area contributed by atoms with Crippen molar-refractivity contribution in [2.75, 3.05) is 0 Å². The topological polar surface area (TPSA) is 0 Å². The maximum absolute atomic E-state index is 2.42. The van der Waals surface area contributed by atoms with Gasteiger partial charge >= 0.3 is 0 Å². The molecule has 0 heterocycles. The van der Waals surface area contributed by atoms with Crippen molar-refractivity contribution >= 4 is 0 Å². The molecule has 2 aliphatic rings. The summed E-state index contributed by atoms with van der Waals surface area (Å²) in [6.07, 6.45) is 18.4. The van der Waals surface area contributed by atoms with Crippen LogP contribution in [0.4, 0.5) is 0 Å². The van der Waals surface area contributed by atoms with Crippen molar-refractivity contribution in [2.45, 2.75) is 58.3 Å². The highest BCUT2D eigenvalue weighted by Crippen LogP contribution is 2.39. The van der Waals surface area contributed by atoms with Gasteiger partial charge in [0.05, 0.1) is 0 Å². The van der Waals surface area contributed by atoms with E-state index in [9.17, 15) is 0 Å². The van der Waals surface area contributed by atoms with Gasteiger partial charge in [-0.05, 0) is 43.9 Å². The van der Waals surface area contributed by atoms with Crippen LogP contribution in [-0.4, -0.2) is 0 Å². The molecule has 2 atom stereocenters. The summed E-state index contributed by atoms with van der Waals surface area (Å²) in [6, 6.07) is 0. The first-order chi connectivity index (χ1) is 7.38. The van der Waals surface area contributed by atoms with Gasteiger partial charge in [0.15, 0.2) is 0 Å². The summed E-state index contributed by atoms with van der Waals surface area (Å²) in [5.74, 6) is 1.77. The molecule has 0 aromatic rings. The summed E-state index contributed by atoms with van der Waals surface area (Å²) in [4.78, 5) is 0. The lowest BCUT2D eigenvalue weighted by Crippen LogP contribution is -2.00. The second-order valence-electron chi connectivity index (χ2n) is 5.26. The molecule has 0 aromatic heterocycles. The SMILES string of the molecule is CC1CCC2CCCCCCC=CC=C12. The lowest BCUT2D eigenvalue weighted by Gasteiger charge is -2.13. The fourth-order valence-electron chi connectivity index (χ4n) is 3.08. The summed E-state index contributed by atoms with van der Waals surface area (Å²) in [5, 5.41) is 0. The Hall–Kier alpha value is -0.520. The predicted molar refractivity (Wildman–Crippen MR) is 66.8 cm³/mol. The van der Waals surface area contributed by atoms with Gasteiger partial charge in [-0.1, -0.05) is 50.0 Å². The summed E-state index contributed by atoms with van der Waals surface area (Å²) in [6.45, 7) is 2.40. The second-order valence-corrected chi connectivity index (χ2v) is 5.26. The normalized spacial score (nSPS) is 33.0. The number of fused-ring (bicyclic) bond motifs is 1. The van der Waals surface area contributed by atoms with Crippen molar-refractivity contribution in [3.05, 3.63) is 23.8 Å². The molecule has 0 nitrogen and oxygen atoms in total. The summed E-state index contributed by atoms with van der Waals surface area (Å²) in [5.41, 5.74) is 1.74. The number of rotatable bonds is 0. The fourth-order valence-corrected chi connectivity index (χ4v) is 3.08. The van der Waals surface area contributed by atoms with Crippen molar-refractivity contribution in [2.24, 2.45) is 11.8 Å². The van der Waals surface area contributed by atoms with Crippen LogP contribution in [0.5, 0.6) is 0 Å².